The Bertz CT molecular complexity index is 1540. The van der Waals surface area contributed by atoms with Gasteiger partial charge in [-0.2, -0.15) is 0 Å². The summed E-state index contributed by atoms with van der Waals surface area (Å²) in [6.07, 6.45) is 7.89. The van der Waals surface area contributed by atoms with Crippen molar-refractivity contribution in [3.8, 4) is 0 Å². The van der Waals surface area contributed by atoms with Gasteiger partial charge >= 0.3 is 0 Å². The van der Waals surface area contributed by atoms with E-state index in [0.29, 0.717) is 18.8 Å². The Morgan fingerprint density at radius 2 is 1.68 bits per heavy atom. The lowest BCUT2D eigenvalue weighted by molar-refractivity contribution is -0.136. The van der Waals surface area contributed by atoms with Gasteiger partial charge < -0.3 is 14.8 Å². The van der Waals surface area contributed by atoms with Crippen LogP contribution in [0.2, 0.25) is 0 Å². The fourth-order valence-electron chi connectivity index (χ4n) is 6.55. The van der Waals surface area contributed by atoms with Gasteiger partial charge in [0.15, 0.2) is 5.54 Å². The third-order valence-electron chi connectivity index (χ3n) is 8.67. The second kappa shape index (κ2) is 11.2. The second-order valence-corrected chi connectivity index (χ2v) is 12.4. The van der Waals surface area contributed by atoms with E-state index < -0.39 is 5.54 Å². The molecule has 0 radical (unpaired) electrons. The molecule has 1 aromatic heterocycles. The molecule has 1 aliphatic carbocycles. The number of carbonyl (C=O) groups excluding carboxylic acids is 2. The first-order chi connectivity index (χ1) is 19.5. The quantitative estimate of drug-likeness (QED) is 0.259. The molecule has 1 atom stereocenters. The zero-order valence-electron chi connectivity index (χ0n) is 23.0. The Morgan fingerprint density at radius 1 is 0.925 bits per heavy atom. The molecule has 2 aliphatic rings. The molecule has 4 aromatic rings. The summed E-state index contributed by atoms with van der Waals surface area (Å²) in [6, 6.07) is 26.3. The molecule has 0 unspecified atom stereocenters. The van der Waals surface area contributed by atoms with Crippen LogP contribution in [0.15, 0.2) is 83.3 Å². The van der Waals surface area contributed by atoms with Gasteiger partial charge in [0.25, 0.3) is 11.8 Å². The summed E-state index contributed by atoms with van der Waals surface area (Å²) in [4.78, 5) is 31.2. The lowest BCUT2D eigenvalue weighted by atomic mass is 9.83. The minimum absolute atomic E-state index is 0.0900. The third kappa shape index (κ3) is 4.98. The van der Waals surface area contributed by atoms with Crippen molar-refractivity contribution >= 4 is 38.6 Å². The van der Waals surface area contributed by atoms with Gasteiger partial charge in [-0.25, -0.2) is 0 Å². The van der Waals surface area contributed by atoms with Gasteiger partial charge in [-0.05, 0) is 60.7 Å². The predicted octanol–water partition coefficient (Wildman–Crippen LogP) is 7.49. The van der Waals surface area contributed by atoms with Crippen molar-refractivity contribution in [2.75, 3.05) is 0 Å². The van der Waals surface area contributed by atoms with E-state index in [1.165, 1.54) is 19.3 Å². The van der Waals surface area contributed by atoms with Crippen LogP contribution in [-0.2, 0) is 23.4 Å². The highest BCUT2D eigenvalue weighted by atomic mass is 79.9. The van der Waals surface area contributed by atoms with E-state index >= 15 is 0 Å². The number of benzene rings is 3. The van der Waals surface area contributed by atoms with Crippen LogP contribution in [0.5, 0.6) is 0 Å². The summed E-state index contributed by atoms with van der Waals surface area (Å²) in [5.41, 5.74) is 3.35. The van der Waals surface area contributed by atoms with E-state index in [0.717, 1.165) is 57.7 Å². The molecule has 2 heterocycles. The van der Waals surface area contributed by atoms with Gasteiger partial charge in [-0.15, -0.1) is 0 Å². The van der Waals surface area contributed by atoms with Crippen LogP contribution in [-0.4, -0.2) is 27.3 Å². The maximum Gasteiger partial charge on any atom is 0.272 e. The number of aromatic nitrogens is 1. The molecular weight excluding hydrogens is 562 g/mol. The highest BCUT2D eigenvalue weighted by molar-refractivity contribution is 9.10. The molecule has 6 rings (SSSR count). The zero-order valence-corrected chi connectivity index (χ0v) is 24.6. The van der Waals surface area contributed by atoms with Crippen LogP contribution in [0.25, 0.3) is 10.9 Å². The number of carbonyl (C=O) groups is 2. The van der Waals surface area contributed by atoms with Crippen molar-refractivity contribution < 1.29 is 9.59 Å². The smallest absolute Gasteiger partial charge is 0.272 e. The number of hydrogen-bond acceptors (Lipinski definition) is 2. The van der Waals surface area contributed by atoms with Crippen LogP contribution in [0.4, 0.5) is 0 Å². The maximum absolute atomic E-state index is 14.8. The normalized spacial score (nSPS) is 20.1. The monoisotopic (exact) mass is 597 g/mol. The maximum atomic E-state index is 14.8. The van der Waals surface area contributed by atoms with Gasteiger partial charge in [0.05, 0.1) is 6.54 Å². The van der Waals surface area contributed by atoms with E-state index in [9.17, 15) is 9.59 Å². The number of halogens is 1. The van der Waals surface area contributed by atoms with E-state index in [4.69, 9.17) is 0 Å². The molecule has 3 aromatic carbocycles. The first kappa shape index (κ1) is 26.8. The molecule has 1 aliphatic heterocycles. The number of amides is 2. The van der Waals surface area contributed by atoms with Gasteiger partial charge in [-0.1, -0.05) is 103 Å². The SMILES string of the molecule is Cc1ccc2cc3n(c2c1)C[C@](C(=O)NC1CCCCCCC1)(c1ccccc1)N(Cc1cccc(Br)c1)C3=O. The van der Waals surface area contributed by atoms with E-state index in [-0.39, 0.29) is 17.9 Å². The first-order valence-corrected chi connectivity index (χ1v) is 15.3. The highest BCUT2D eigenvalue weighted by Crippen LogP contribution is 2.41. The van der Waals surface area contributed by atoms with Crippen LogP contribution < -0.4 is 5.32 Å². The molecule has 5 nitrogen and oxygen atoms in total. The van der Waals surface area contributed by atoms with Crippen molar-refractivity contribution in [1.82, 2.24) is 14.8 Å². The van der Waals surface area contributed by atoms with E-state index in [1.54, 1.807) is 0 Å². The Morgan fingerprint density at radius 3 is 2.42 bits per heavy atom. The van der Waals surface area contributed by atoms with Gasteiger partial charge in [0.1, 0.15) is 5.69 Å². The van der Waals surface area contributed by atoms with E-state index in [1.807, 2.05) is 65.6 Å². The zero-order chi connectivity index (χ0) is 27.7. The number of fused-ring (bicyclic) bond motifs is 3. The number of nitrogens with one attached hydrogen (secondary N) is 1. The van der Waals surface area contributed by atoms with Crippen molar-refractivity contribution in [3.05, 3.63) is 106 Å². The van der Waals surface area contributed by atoms with Gasteiger partial charge in [0, 0.05) is 28.0 Å². The number of rotatable bonds is 5. The molecular formula is C34H36BrN3O2. The first-order valence-electron chi connectivity index (χ1n) is 14.5. The lowest BCUT2D eigenvalue weighted by Crippen LogP contribution is -2.64. The van der Waals surface area contributed by atoms with E-state index in [2.05, 4.69) is 50.9 Å². The second-order valence-electron chi connectivity index (χ2n) is 11.4. The number of hydrogen-bond donors (Lipinski definition) is 1. The molecule has 1 saturated carbocycles. The minimum atomic E-state index is -1.20. The molecule has 0 saturated heterocycles. The average molecular weight is 599 g/mol. The minimum Gasteiger partial charge on any atom is -0.351 e. The highest BCUT2D eigenvalue weighted by Gasteiger charge is 2.52. The van der Waals surface area contributed by atoms with Crippen molar-refractivity contribution in [3.63, 3.8) is 0 Å². The standard InChI is InChI=1S/C34H36BrN3O2/c1-24-17-18-26-21-31-32(39)38(22-25-11-10-14-28(35)20-25)34(23-37(31)30(26)19-24,27-12-6-5-7-13-27)33(40)36-29-15-8-3-2-4-9-16-29/h5-7,10-14,17-21,29H,2-4,8-9,15-16,22-23H2,1H3,(H,36,40)/t34-/m1/s1. The average Bonchev–Trinajstić information content (AvgIpc) is 3.29. The Balaban J connectivity index is 1.52. The summed E-state index contributed by atoms with van der Waals surface area (Å²) in [7, 11) is 0. The largest absolute Gasteiger partial charge is 0.351 e. The predicted molar refractivity (Wildman–Crippen MR) is 163 cm³/mol. The summed E-state index contributed by atoms with van der Waals surface area (Å²) < 4.78 is 3.02. The van der Waals surface area contributed by atoms with Crippen LogP contribution >= 0.6 is 15.9 Å². The molecule has 1 N–H and O–H groups in total. The van der Waals surface area contributed by atoms with Crippen molar-refractivity contribution in [2.45, 2.75) is 76.5 Å². The molecule has 2 amide bonds. The Hall–Kier alpha value is -3.38. The fourth-order valence-corrected chi connectivity index (χ4v) is 7.00. The van der Waals surface area contributed by atoms with Crippen LogP contribution in [0, 0.1) is 6.92 Å². The topological polar surface area (TPSA) is 54.3 Å². The van der Waals surface area contributed by atoms with Crippen LogP contribution in [0.3, 0.4) is 0 Å². The van der Waals surface area contributed by atoms with Crippen molar-refractivity contribution in [2.24, 2.45) is 0 Å². The number of aryl methyl sites for hydroxylation is 1. The van der Waals surface area contributed by atoms with Gasteiger partial charge in [0.2, 0.25) is 0 Å². The van der Waals surface area contributed by atoms with Crippen LogP contribution in [0.1, 0.15) is 72.1 Å². The molecule has 0 bridgehead atoms. The third-order valence-corrected chi connectivity index (χ3v) is 9.16. The molecule has 206 valence electrons. The molecule has 40 heavy (non-hydrogen) atoms. The molecule has 6 heteroatoms. The summed E-state index contributed by atoms with van der Waals surface area (Å²) in [5.74, 6) is -0.218. The molecule has 0 spiro atoms. The summed E-state index contributed by atoms with van der Waals surface area (Å²) in [6.45, 7) is 2.75. The van der Waals surface area contributed by atoms with Crippen molar-refractivity contribution in [1.29, 1.82) is 0 Å². The van der Waals surface area contributed by atoms with Gasteiger partial charge in [-0.3, -0.25) is 9.59 Å². The molecule has 1 fully saturated rings. The lowest BCUT2D eigenvalue weighted by Gasteiger charge is -2.47. The Labute approximate surface area is 244 Å². The number of nitrogens with zero attached hydrogens (tertiary/aromatic N) is 2. The fraction of sp³-hybridized carbons (Fsp3) is 0.353. The summed E-state index contributed by atoms with van der Waals surface area (Å²) >= 11 is 3.59. The Kier molecular flexibility index (Phi) is 7.54. The summed E-state index contributed by atoms with van der Waals surface area (Å²) in [5, 5.41) is 4.48.